The second-order valence-corrected chi connectivity index (χ2v) is 10.5. The maximum absolute atomic E-state index is 13.9. The number of aromatic carboxylic acids is 1. The highest BCUT2D eigenvalue weighted by molar-refractivity contribution is 7.07. The average molecular weight is 609 g/mol. The van der Waals surface area contributed by atoms with Gasteiger partial charge in [0.05, 0.1) is 47.2 Å². The van der Waals surface area contributed by atoms with Crippen molar-refractivity contribution in [3.05, 3.63) is 101 Å². The molecule has 42 heavy (non-hydrogen) atoms. The first-order valence-corrected chi connectivity index (χ1v) is 13.9. The Hall–Kier alpha value is -4.61. The van der Waals surface area contributed by atoms with Crippen molar-refractivity contribution < 1.29 is 33.3 Å². The van der Waals surface area contributed by atoms with E-state index in [0.717, 1.165) is 11.3 Å². The topological polar surface area (TPSA) is 130 Å². The third-order valence-corrected chi connectivity index (χ3v) is 7.93. The number of methoxy groups -OCH3 is 2. The predicted octanol–water partition coefficient (Wildman–Crippen LogP) is 4.43. The molecule has 0 bridgehead atoms. The third-order valence-electron chi connectivity index (χ3n) is 6.64. The first kappa shape index (κ1) is 28.9. The Morgan fingerprint density at radius 1 is 1.14 bits per heavy atom. The highest BCUT2D eigenvalue weighted by Gasteiger charge is 2.35. The van der Waals surface area contributed by atoms with Gasteiger partial charge in [0.25, 0.3) is 5.56 Å². The Labute approximate surface area is 248 Å². The molecule has 12 heteroatoms. The maximum Gasteiger partial charge on any atom is 0.338 e. The van der Waals surface area contributed by atoms with Gasteiger partial charge in [-0.1, -0.05) is 29.0 Å². The molecule has 4 aromatic rings. The molecule has 0 saturated heterocycles. The van der Waals surface area contributed by atoms with Gasteiger partial charge in [-0.15, -0.1) is 0 Å². The van der Waals surface area contributed by atoms with Crippen LogP contribution in [-0.2, 0) is 9.53 Å². The number of aromatic nitrogens is 1. The number of furan rings is 1. The van der Waals surface area contributed by atoms with E-state index in [1.54, 1.807) is 56.3 Å². The van der Waals surface area contributed by atoms with E-state index in [1.165, 1.54) is 30.9 Å². The lowest BCUT2D eigenvalue weighted by Gasteiger charge is -2.26. The number of carboxylic acids is 1. The van der Waals surface area contributed by atoms with Crippen LogP contribution in [0.1, 0.15) is 41.6 Å². The number of carboxylic acid groups (broad SMARTS) is 1. The highest BCUT2D eigenvalue weighted by atomic mass is 35.5. The van der Waals surface area contributed by atoms with Crippen LogP contribution in [0.2, 0.25) is 5.02 Å². The van der Waals surface area contributed by atoms with E-state index in [4.69, 9.17) is 30.2 Å². The molecule has 1 aliphatic heterocycles. The van der Waals surface area contributed by atoms with Crippen molar-refractivity contribution in [2.24, 2.45) is 4.99 Å². The number of carbonyl (C=O) groups excluding carboxylic acids is 1. The molecule has 1 N–H and O–H groups in total. The normalized spacial score (nSPS) is 14.8. The van der Waals surface area contributed by atoms with Gasteiger partial charge in [0, 0.05) is 23.3 Å². The van der Waals surface area contributed by atoms with Gasteiger partial charge in [-0.05, 0) is 50.2 Å². The Morgan fingerprint density at radius 3 is 2.60 bits per heavy atom. The van der Waals surface area contributed by atoms with Gasteiger partial charge >= 0.3 is 11.9 Å². The van der Waals surface area contributed by atoms with Gasteiger partial charge in [-0.25, -0.2) is 14.6 Å². The molecule has 0 amide bonds. The van der Waals surface area contributed by atoms with Crippen molar-refractivity contribution in [2.75, 3.05) is 20.8 Å². The van der Waals surface area contributed by atoms with Crippen LogP contribution >= 0.6 is 22.9 Å². The van der Waals surface area contributed by atoms with Crippen LogP contribution in [0, 0.1) is 0 Å². The van der Waals surface area contributed by atoms with Gasteiger partial charge in [0.1, 0.15) is 29.1 Å². The molecular formula is C30H25ClN2O8S. The summed E-state index contributed by atoms with van der Waals surface area (Å²) in [6, 6.07) is 12.2. The number of hydrogen-bond acceptors (Lipinski definition) is 9. The van der Waals surface area contributed by atoms with Gasteiger partial charge in [-0.3, -0.25) is 9.36 Å². The molecule has 10 nitrogen and oxygen atoms in total. The Morgan fingerprint density at radius 2 is 1.93 bits per heavy atom. The highest BCUT2D eigenvalue weighted by Crippen LogP contribution is 2.37. The smallest absolute Gasteiger partial charge is 0.338 e. The summed E-state index contributed by atoms with van der Waals surface area (Å²) in [5.41, 5.74) is 1.38. The van der Waals surface area contributed by atoms with E-state index in [9.17, 15) is 19.5 Å². The van der Waals surface area contributed by atoms with E-state index in [0.29, 0.717) is 49.2 Å². The molecule has 1 aliphatic rings. The standard InChI is InChI=1S/C30H25ClN2O8S/c1-5-40-29(37)25-15(2)32-30-33(26(25)20-10-7-17(38-3)13-23(20)39-4)27(34)24(42-30)14-18-8-11-22(41-18)16-6-9-19(28(35)36)21(31)12-16/h6-14,26H,5H2,1-4H3,(H,35,36)/b24-14-. The van der Waals surface area contributed by atoms with Crippen LogP contribution in [0.25, 0.3) is 17.4 Å². The second-order valence-electron chi connectivity index (χ2n) is 9.11. The summed E-state index contributed by atoms with van der Waals surface area (Å²) < 4.78 is 24.0. The van der Waals surface area contributed by atoms with E-state index >= 15 is 0 Å². The number of thiazole rings is 1. The Bertz CT molecular complexity index is 1930. The molecule has 2 aromatic carbocycles. The molecule has 216 valence electrons. The van der Waals surface area contributed by atoms with Crippen LogP contribution in [0.4, 0.5) is 0 Å². The summed E-state index contributed by atoms with van der Waals surface area (Å²) in [4.78, 5) is 43.3. The number of hydrogen-bond donors (Lipinski definition) is 1. The van der Waals surface area contributed by atoms with Crippen molar-refractivity contribution in [1.82, 2.24) is 4.57 Å². The third kappa shape index (κ3) is 5.24. The quantitative estimate of drug-likeness (QED) is 0.291. The van der Waals surface area contributed by atoms with E-state index in [2.05, 4.69) is 4.99 Å². The van der Waals surface area contributed by atoms with Gasteiger partial charge in [0.15, 0.2) is 4.80 Å². The Kier molecular flexibility index (Phi) is 8.06. The molecule has 0 spiro atoms. The van der Waals surface area contributed by atoms with Crippen LogP contribution in [0.15, 0.2) is 74.0 Å². The van der Waals surface area contributed by atoms with Crippen molar-refractivity contribution >= 4 is 41.0 Å². The number of esters is 1. The zero-order valence-corrected chi connectivity index (χ0v) is 24.5. The minimum absolute atomic E-state index is 0.0196. The number of allylic oxidation sites excluding steroid dienone is 1. The lowest BCUT2D eigenvalue weighted by atomic mass is 9.95. The molecule has 0 saturated carbocycles. The van der Waals surface area contributed by atoms with Gasteiger partial charge < -0.3 is 23.7 Å². The fourth-order valence-corrected chi connectivity index (χ4v) is 5.97. The minimum Gasteiger partial charge on any atom is -0.497 e. The molecule has 0 fully saturated rings. The summed E-state index contributed by atoms with van der Waals surface area (Å²) in [6.45, 7) is 3.56. The lowest BCUT2D eigenvalue weighted by Crippen LogP contribution is -2.40. The predicted molar refractivity (Wildman–Crippen MR) is 156 cm³/mol. The number of fused-ring (bicyclic) bond motifs is 1. The van der Waals surface area contributed by atoms with Crippen LogP contribution in [0.3, 0.4) is 0 Å². The summed E-state index contributed by atoms with van der Waals surface area (Å²) in [6.07, 6.45) is 1.59. The zero-order valence-electron chi connectivity index (χ0n) is 23.0. The molecular weight excluding hydrogens is 584 g/mol. The summed E-state index contributed by atoms with van der Waals surface area (Å²) in [5.74, 6) is 0.0819. The van der Waals surface area contributed by atoms with Crippen molar-refractivity contribution in [2.45, 2.75) is 19.9 Å². The maximum atomic E-state index is 13.9. The molecule has 3 heterocycles. The number of benzene rings is 2. The summed E-state index contributed by atoms with van der Waals surface area (Å²) >= 11 is 7.27. The van der Waals surface area contributed by atoms with Crippen LogP contribution in [-0.4, -0.2) is 42.4 Å². The van der Waals surface area contributed by atoms with Crippen molar-refractivity contribution in [3.63, 3.8) is 0 Å². The first-order chi connectivity index (χ1) is 20.2. The monoisotopic (exact) mass is 608 g/mol. The number of rotatable bonds is 8. The molecule has 2 aromatic heterocycles. The van der Waals surface area contributed by atoms with E-state index in [1.807, 2.05) is 0 Å². The Balaban J connectivity index is 1.64. The zero-order chi connectivity index (χ0) is 30.1. The number of carbonyl (C=O) groups is 2. The molecule has 5 rings (SSSR count). The molecule has 1 atom stereocenters. The lowest BCUT2D eigenvalue weighted by molar-refractivity contribution is -0.139. The molecule has 1 unspecified atom stereocenters. The number of ether oxygens (including phenoxy) is 3. The van der Waals surface area contributed by atoms with Gasteiger partial charge in [0.2, 0.25) is 0 Å². The van der Waals surface area contributed by atoms with E-state index < -0.39 is 18.0 Å². The van der Waals surface area contributed by atoms with Crippen LogP contribution < -0.4 is 24.4 Å². The number of nitrogens with zero attached hydrogens (tertiary/aromatic N) is 2. The first-order valence-electron chi connectivity index (χ1n) is 12.7. The fraction of sp³-hybridized carbons (Fsp3) is 0.200. The minimum atomic E-state index is -1.13. The largest absolute Gasteiger partial charge is 0.497 e. The summed E-state index contributed by atoms with van der Waals surface area (Å²) in [7, 11) is 3.03. The molecule has 0 aliphatic carbocycles. The van der Waals surface area contributed by atoms with Crippen LogP contribution in [0.5, 0.6) is 11.5 Å². The van der Waals surface area contributed by atoms with Crippen molar-refractivity contribution in [3.8, 4) is 22.8 Å². The number of halogens is 1. The summed E-state index contributed by atoms with van der Waals surface area (Å²) in [5, 5.41) is 9.31. The SMILES string of the molecule is CCOC(=O)C1=C(C)N=c2s/c(=C\c3ccc(-c4ccc(C(=O)O)c(Cl)c4)o3)c(=O)n2C1c1ccc(OC)cc1OC. The average Bonchev–Trinajstić information content (AvgIpc) is 3.56. The fourth-order valence-electron chi connectivity index (χ4n) is 4.69. The van der Waals surface area contributed by atoms with E-state index in [-0.39, 0.29) is 28.3 Å². The van der Waals surface area contributed by atoms with Crippen molar-refractivity contribution in [1.29, 1.82) is 0 Å². The van der Waals surface area contributed by atoms with Gasteiger partial charge in [-0.2, -0.15) is 0 Å². The molecule has 0 radical (unpaired) electrons. The second kappa shape index (κ2) is 11.7.